The van der Waals surface area contributed by atoms with Crippen LogP contribution in [0.1, 0.15) is 0 Å². The molecule has 0 aliphatic carbocycles. The first-order valence-electron chi connectivity index (χ1n) is 3.54. The normalized spacial score (nSPS) is 20.4. The minimum atomic E-state index is -2.06. The van der Waals surface area contributed by atoms with E-state index in [1.54, 1.807) is 0 Å². The van der Waals surface area contributed by atoms with Crippen molar-refractivity contribution >= 4 is 5.91 Å². The molecule has 76 valence electrons. The molecule has 0 aromatic carbocycles. The zero-order chi connectivity index (χ0) is 10.6. The van der Waals surface area contributed by atoms with E-state index in [1.165, 1.54) is 0 Å². The highest BCUT2D eigenvalue weighted by molar-refractivity contribution is 5.78. The Morgan fingerprint density at radius 2 is 1.62 bits per heavy atom. The molecule has 0 saturated heterocycles. The lowest BCUT2D eigenvalue weighted by molar-refractivity contribution is -0.143. The summed E-state index contributed by atoms with van der Waals surface area (Å²) >= 11 is 0. The molecule has 1 amide bonds. The fraction of sp³-hybridized carbons (Fsp3) is 0.833. The molecule has 0 aliphatic rings. The monoisotopic (exact) mass is 192 g/mol. The van der Waals surface area contributed by atoms with Gasteiger partial charge in [-0.1, -0.05) is 0 Å². The zero-order valence-electron chi connectivity index (χ0n) is 6.71. The molecule has 0 saturated carbocycles. The number of aliphatic hydroxyl groups is 4. The van der Waals surface area contributed by atoms with Gasteiger partial charge in [-0.15, -0.1) is 0 Å². The summed E-state index contributed by atoms with van der Waals surface area (Å²) in [5.74, 6) is -1.45. The Kier molecular flexibility index (Phi) is 4.81. The predicted molar refractivity (Wildman–Crippen MR) is 40.1 cm³/mol. The number of rotatable bonds is 5. The standard InChI is InChI=1S/C6H12N2O5/c7-1-2(9)3(10)4(11)5(12)6(8)13/h2-5,7-12H,1H2. The van der Waals surface area contributed by atoms with Gasteiger partial charge in [-0.25, -0.2) is 0 Å². The molecule has 2 radical (unpaired) electrons. The molecule has 4 atom stereocenters. The second kappa shape index (κ2) is 5.10. The van der Waals surface area contributed by atoms with Crippen LogP contribution in [0.2, 0.25) is 0 Å². The molecule has 0 aromatic heterocycles. The third kappa shape index (κ3) is 3.25. The summed E-state index contributed by atoms with van der Waals surface area (Å²) in [6.07, 6.45) is -7.35. The summed E-state index contributed by atoms with van der Waals surface area (Å²) < 4.78 is 0. The van der Waals surface area contributed by atoms with Gasteiger partial charge in [-0.3, -0.25) is 16.3 Å². The van der Waals surface area contributed by atoms with Crippen LogP contribution in [0, 0.1) is 0 Å². The average Bonchev–Trinajstić information content (AvgIpc) is 2.12. The van der Waals surface area contributed by atoms with Crippen molar-refractivity contribution in [2.24, 2.45) is 0 Å². The lowest BCUT2D eigenvalue weighted by Crippen LogP contribution is -2.49. The van der Waals surface area contributed by atoms with E-state index in [4.69, 9.17) is 31.9 Å². The van der Waals surface area contributed by atoms with Crippen LogP contribution in [0.25, 0.3) is 0 Å². The second-order valence-corrected chi connectivity index (χ2v) is 2.56. The van der Waals surface area contributed by atoms with E-state index in [-0.39, 0.29) is 0 Å². The van der Waals surface area contributed by atoms with Crippen molar-refractivity contribution in [1.29, 1.82) is 0 Å². The summed E-state index contributed by atoms with van der Waals surface area (Å²) in [5.41, 5.74) is 13.1. The molecule has 0 rings (SSSR count). The molecule has 4 unspecified atom stereocenters. The molecule has 0 spiro atoms. The van der Waals surface area contributed by atoms with Gasteiger partial charge >= 0.3 is 0 Å². The number of amides is 1. The Hall–Kier alpha value is -0.730. The van der Waals surface area contributed by atoms with E-state index in [2.05, 4.69) is 0 Å². The number of carbonyl (C=O) groups excluding carboxylic acids is 1. The smallest absolute Gasteiger partial charge is 0.270 e. The van der Waals surface area contributed by atoms with E-state index in [0.717, 1.165) is 0 Å². The van der Waals surface area contributed by atoms with E-state index in [9.17, 15) is 4.79 Å². The molecule has 0 bridgehead atoms. The molecule has 13 heavy (non-hydrogen) atoms. The van der Waals surface area contributed by atoms with Gasteiger partial charge in [-0.05, 0) is 0 Å². The van der Waals surface area contributed by atoms with Gasteiger partial charge in [0, 0.05) is 6.54 Å². The fourth-order valence-electron chi connectivity index (χ4n) is 0.690. The lowest BCUT2D eigenvalue weighted by Gasteiger charge is -2.23. The van der Waals surface area contributed by atoms with Gasteiger partial charge in [0.1, 0.15) is 12.2 Å². The van der Waals surface area contributed by atoms with Gasteiger partial charge in [0.2, 0.25) is 0 Å². The van der Waals surface area contributed by atoms with Crippen LogP contribution < -0.4 is 11.5 Å². The van der Waals surface area contributed by atoms with Crippen molar-refractivity contribution in [2.75, 3.05) is 6.54 Å². The van der Waals surface area contributed by atoms with Gasteiger partial charge in [0.05, 0.1) is 6.10 Å². The first-order chi connectivity index (χ1) is 5.91. The minimum absolute atomic E-state index is 0.572. The third-order valence-electron chi connectivity index (χ3n) is 1.55. The highest BCUT2D eigenvalue weighted by Crippen LogP contribution is 2.04. The fourth-order valence-corrected chi connectivity index (χ4v) is 0.690. The van der Waals surface area contributed by atoms with Crippen LogP contribution in [-0.2, 0) is 4.79 Å². The molecule has 7 nitrogen and oxygen atoms in total. The lowest BCUT2D eigenvalue weighted by atomic mass is 10.0. The highest BCUT2D eigenvalue weighted by Gasteiger charge is 2.32. The first-order valence-corrected chi connectivity index (χ1v) is 3.54. The van der Waals surface area contributed by atoms with Crippen LogP contribution >= 0.6 is 0 Å². The van der Waals surface area contributed by atoms with E-state index >= 15 is 0 Å². The SMILES string of the molecule is [NH]CC(O)C(O)C(O)C(O)C([NH])=O. The van der Waals surface area contributed by atoms with Crippen molar-refractivity contribution in [2.45, 2.75) is 24.4 Å². The van der Waals surface area contributed by atoms with Crippen molar-refractivity contribution < 1.29 is 25.2 Å². The summed E-state index contributed by atoms with van der Waals surface area (Å²) in [7, 11) is 0. The van der Waals surface area contributed by atoms with E-state index in [1.807, 2.05) is 0 Å². The van der Waals surface area contributed by atoms with Gasteiger partial charge < -0.3 is 20.4 Å². The number of carbonyl (C=O) groups is 1. The van der Waals surface area contributed by atoms with E-state index in [0.29, 0.717) is 0 Å². The van der Waals surface area contributed by atoms with Crippen molar-refractivity contribution in [3.8, 4) is 0 Å². The van der Waals surface area contributed by atoms with Gasteiger partial charge in [0.25, 0.3) is 5.91 Å². The molecular formula is C6H12N2O5. The van der Waals surface area contributed by atoms with Crippen LogP contribution in [0.5, 0.6) is 0 Å². The summed E-state index contributed by atoms with van der Waals surface area (Å²) in [4.78, 5) is 10.2. The second-order valence-electron chi connectivity index (χ2n) is 2.56. The number of aliphatic hydroxyl groups excluding tert-OH is 4. The number of hydrogen-bond donors (Lipinski definition) is 4. The zero-order valence-corrected chi connectivity index (χ0v) is 6.71. The van der Waals surface area contributed by atoms with Crippen molar-refractivity contribution in [3.05, 3.63) is 0 Å². The molecule has 6 N–H and O–H groups in total. The van der Waals surface area contributed by atoms with Crippen molar-refractivity contribution in [1.82, 2.24) is 11.5 Å². The first kappa shape index (κ1) is 12.3. The largest absolute Gasteiger partial charge is 0.389 e. The Balaban J connectivity index is 4.24. The molecule has 7 heteroatoms. The topological polar surface area (TPSA) is 146 Å². The van der Waals surface area contributed by atoms with E-state index < -0.39 is 36.9 Å². The number of nitrogens with one attached hydrogen (secondary N) is 2. The maximum Gasteiger partial charge on any atom is 0.270 e. The van der Waals surface area contributed by atoms with Crippen molar-refractivity contribution in [3.63, 3.8) is 0 Å². The Bertz CT molecular complexity index is 176. The van der Waals surface area contributed by atoms with Crippen LogP contribution in [0.3, 0.4) is 0 Å². The minimum Gasteiger partial charge on any atom is -0.389 e. The summed E-state index contributed by atoms with van der Waals surface area (Å²) in [5, 5.41) is 35.6. The molecule has 0 aromatic rings. The quantitative estimate of drug-likeness (QED) is 0.357. The Labute approximate surface area is 74.6 Å². The maximum absolute atomic E-state index is 10.2. The molecule has 0 aliphatic heterocycles. The van der Waals surface area contributed by atoms with Crippen LogP contribution in [0.15, 0.2) is 0 Å². The average molecular weight is 192 g/mol. The highest BCUT2D eigenvalue weighted by atomic mass is 16.4. The Morgan fingerprint density at radius 3 is 1.92 bits per heavy atom. The number of hydrogen-bond acceptors (Lipinski definition) is 5. The van der Waals surface area contributed by atoms with Gasteiger partial charge in [-0.2, -0.15) is 0 Å². The molecule has 0 fully saturated rings. The molecule has 0 heterocycles. The predicted octanol–water partition coefficient (Wildman–Crippen LogP) is -3.48. The summed E-state index contributed by atoms with van der Waals surface area (Å²) in [6.45, 7) is -0.572. The molecular weight excluding hydrogens is 180 g/mol. The maximum atomic E-state index is 10.2. The van der Waals surface area contributed by atoms with Crippen LogP contribution in [-0.4, -0.2) is 57.3 Å². The van der Waals surface area contributed by atoms with Crippen LogP contribution in [0.4, 0.5) is 0 Å². The Morgan fingerprint density at radius 1 is 1.15 bits per heavy atom. The van der Waals surface area contributed by atoms with Gasteiger partial charge in [0.15, 0.2) is 6.10 Å². The summed E-state index contributed by atoms with van der Waals surface area (Å²) in [6, 6.07) is 0. The third-order valence-corrected chi connectivity index (χ3v) is 1.55.